The normalized spacial score (nSPS) is 27.0. The van der Waals surface area contributed by atoms with Crippen LogP contribution in [0.3, 0.4) is 0 Å². The van der Waals surface area contributed by atoms with Gasteiger partial charge in [0.1, 0.15) is 12.7 Å². The van der Waals surface area contributed by atoms with Crippen molar-refractivity contribution in [3.05, 3.63) is 35.4 Å². The Kier molecular flexibility index (Phi) is 7.95. The summed E-state index contributed by atoms with van der Waals surface area (Å²) in [5.41, 5.74) is 3.13. The SMILES string of the molecule is CC1CNCC(C)N1/N=C/c1ccc(C2=NOC(CN3CCC(OCC(=O)O)CC3)C2)cc1. The highest BCUT2D eigenvalue weighted by atomic mass is 16.6. The second-order valence-corrected chi connectivity index (χ2v) is 9.28. The van der Waals surface area contributed by atoms with E-state index < -0.39 is 5.97 Å². The summed E-state index contributed by atoms with van der Waals surface area (Å²) in [4.78, 5) is 18.7. The summed E-state index contributed by atoms with van der Waals surface area (Å²) in [6.45, 7) is 8.67. The molecular formula is C24H35N5O4. The zero-order valence-electron chi connectivity index (χ0n) is 19.5. The lowest BCUT2D eigenvalue weighted by Gasteiger charge is -2.37. The summed E-state index contributed by atoms with van der Waals surface area (Å²) < 4.78 is 5.41. The molecule has 0 aromatic heterocycles. The first kappa shape index (κ1) is 23.7. The van der Waals surface area contributed by atoms with E-state index in [1.54, 1.807) is 0 Å². The van der Waals surface area contributed by atoms with Gasteiger partial charge in [-0.3, -0.25) is 9.91 Å². The Morgan fingerprint density at radius 2 is 1.94 bits per heavy atom. The molecule has 1 aromatic carbocycles. The van der Waals surface area contributed by atoms with Gasteiger partial charge in [0.2, 0.25) is 0 Å². The van der Waals surface area contributed by atoms with Gasteiger partial charge >= 0.3 is 5.97 Å². The van der Waals surface area contributed by atoms with E-state index >= 15 is 0 Å². The van der Waals surface area contributed by atoms with Gasteiger partial charge in [0, 0.05) is 39.1 Å². The molecule has 0 aliphatic carbocycles. The fraction of sp³-hybridized carbons (Fsp3) is 0.625. The van der Waals surface area contributed by atoms with Crippen LogP contribution in [-0.2, 0) is 14.4 Å². The predicted octanol–water partition coefficient (Wildman–Crippen LogP) is 1.76. The zero-order chi connectivity index (χ0) is 23.2. The van der Waals surface area contributed by atoms with Crippen molar-refractivity contribution >= 4 is 17.9 Å². The number of carbonyl (C=O) groups is 1. The van der Waals surface area contributed by atoms with Gasteiger partial charge in [-0.1, -0.05) is 29.4 Å². The van der Waals surface area contributed by atoms with E-state index in [1.807, 2.05) is 6.21 Å². The molecule has 3 aliphatic rings. The fourth-order valence-corrected chi connectivity index (χ4v) is 4.68. The summed E-state index contributed by atoms with van der Waals surface area (Å²) in [5, 5.41) is 23.4. The summed E-state index contributed by atoms with van der Waals surface area (Å²) in [5.74, 6) is -0.912. The first-order valence-electron chi connectivity index (χ1n) is 11.9. The van der Waals surface area contributed by atoms with Crippen LogP contribution in [0.2, 0.25) is 0 Å². The number of nitrogens with zero attached hydrogens (tertiary/aromatic N) is 4. The van der Waals surface area contributed by atoms with Crippen LogP contribution < -0.4 is 5.32 Å². The average molecular weight is 458 g/mol. The number of oxime groups is 1. The van der Waals surface area contributed by atoms with Gasteiger partial charge in [0.15, 0.2) is 0 Å². The molecule has 3 aliphatic heterocycles. The van der Waals surface area contributed by atoms with Crippen molar-refractivity contribution in [3.8, 4) is 0 Å². The highest BCUT2D eigenvalue weighted by Gasteiger charge is 2.27. The number of hydrazone groups is 1. The monoisotopic (exact) mass is 457 g/mol. The van der Waals surface area contributed by atoms with Gasteiger partial charge in [0.25, 0.3) is 0 Å². The number of carboxylic acid groups (broad SMARTS) is 1. The maximum absolute atomic E-state index is 10.6. The number of likely N-dealkylation sites (tertiary alicyclic amines) is 1. The number of hydrogen-bond acceptors (Lipinski definition) is 8. The molecule has 0 spiro atoms. The number of rotatable bonds is 8. The summed E-state index contributed by atoms with van der Waals surface area (Å²) in [6.07, 6.45) is 4.51. The van der Waals surface area contributed by atoms with Gasteiger partial charge in [-0.05, 0) is 37.8 Å². The summed E-state index contributed by atoms with van der Waals surface area (Å²) in [7, 11) is 0. The van der Waals surface area contributed by atoms with Crippen molar-refractivity contribution in [1.29, 1.82) is 0 Å². The first-order chi connectivity index (χ1) is 16.0. The third kappa shape index (κ3) is 6.52. The van der Waals surface area contributed by atoms with E-state index in [-0.39, 0.29) is 18.8 Å². The second-order valence-electron chi connectivity index (χ2n) is 9.28. The predicted molar refractivity (Wildman–Crippen MR) is 127 cm³/mol. The largest absolute Gasteiger partial charge is 0.480 e. The van der Waals surface area contributed by atoms with E-state index in [2.05, 4.69) is 58.5 Å². The molecule has 9 heteroatoms. The van der Waals surface area contributed by atoms with Gasteiger partial charge in [-0.15, -0.1) is 0 Å². The van der Waals surface area contributed by atoms with Crippen LogP contribution in [-0.4, -0.2) is 96.5 Å². The molecule has 1 aromatic rings. The minimum absolute atomic E-state index is 0.0358. The van der Waals surface area contributed by atoms with Crippen molar-refractivity contribution in [1.82, 2.24) is 15.2 Å². The molecule has 2 N–H and O–H groups in total. The molecule has 2 saturated heterocycles. The van der Waals surface area contributed by atoms with Crippen LogP contribution in [0, 0.1) is 0 Å². The number of ether oxygens (including phenoxy) is 1. The van der Waals surface area contributed by atoms with Crippen molar-refractivity contribution in [2.75, 3.05) is 39.3 Å². The molecule has 180 valence electrons. The highest BCUT2D eigenvalue weighted by Crippen LogP contribution is 2.21. The maximum atomic E-state index is 10.6. The highest BCUT2D eigenvalue weighted by molar-refractivity contribution is 6.01. The molecule has 4 rings (SSSR count). The Hall–Kier alpha value is -2.49. The van der Waals surface area contributed by atoms with Crippen LogP contribution in [0.1, 0.15) is 44.2 Å². The number of piperazine rings is 1. The molecule has 3 unspecified atom stereocenters. The number of hydrogen-bond donors (Lipinski definition) is 2. The molecule has 0 bridgehead atoms. The maximum Gasteiger partial charge on any atom is 0.329 e. The molecule has 0 radical (unpaired) electrons. The third-order valence-corrected chi connectivity index (χ3v) is 6.54. The van der Waals surface area contributed by atoms with Crippen LogP contribution in [0.15, 0.2) is 34.5 Å². The van der Waals surface area contributed by atoms with Gasteiger partial charge in [-0.25, -0.2) is 4.79 Å². The number of benzene rings is 1. The minimum Gasteiger partial charge on any atom is -0.480 e. The smallest absolute Gasteiger partial charge is 0.329 e. The van der Waals surface area contributed by atoms with Crippen molar-refractivity contribution in [2.45, 2.75) is 57.4 Å². The van der Waals surface area contributed by atoms with Crippen LogP contribution in [0.25, 0.3) is 0 Å². The molecule has 2 fully saturated rings. The lowest BCUT2D eigenvalue weighted by atomic mass is 10.0. The van der Waals surface area contributed by atoms with Crippen molar-refractivity contribution in [3.63, 3.8) is 0 Å². The lowest BCUT2D eigenvalue weighted by molar-refractivity contribution is -0.145. The Bertz CT molecular complexity index is 841. The van der Waals surface area contributed by atoms with Crippen LogP contribution >= 0.6 is 0 Å². The van der Waals surface area contributed by atoms with E-state index in [0.717, 1.165) is 68.8 Å². The summed E-state index contributed by atoms with van der Waals surface area (Å²) in [6, 6.07) is 9.09. The molecule has 9 nitrogen and oxygen atoms in total. The van der Waals surface area contributed by atoms with Gasteiger partial charge in [-0.2, -0.15) is 5.10 Å². The average Bonchev–Trinajstić information content (AvgIpc) is 3.27. The molecular weight excluding hydrogens is 422 g/mol. The second kappa shape index (κ2) is 11.1. The topological polar surface area (TPSA) is 99.0 Å². The van der Waals surface area contributed by atoms with Gasteiger partial charge in [0.05, 0.1) is 30.1 Å². The van der Waals surface area contributed by atoms with Crippen LogP contribution in [0.5, 0.6) is 0 Å². The zero-order valence-corrected chi connectivity index (χ0v) is 19.5. The standard InChI is InChI=1S/C24H35N5O4/c1-17-12-25-13-18(2)29(17)26-14-19-3-5-20(6-4-19)23-11-22(33-27-23)15-28-9-7-21(8-10-28)32-16-24(30)31/h3-6,14,17-18,21-22,25H,7-13,15-16H2,1-2H3,(H,30,31)/b26-14+. The summed E-state index contributed by atoms with van der Waals surface area (Å²) >= 11 is 0. The third-order valence-electron chi connectivity index (χ3n) is 6.54. The van der Waals surface area contributed by atoms with E-state index in [1.165, 1.54) is 0 Å². The van der Waals surface area contributed by atoms with E-state index in [9.17, 15) is 4.79 Å². The van der Waals surface area contributed by atoms with E-state index in [4.69, 9.17) is 19.8 Å². The van der Waals surface area contributed by atoms with Gasteiger partial charge < -0.3 is 20.0 Å². The van der Waals surface area contributed by atoms with Crippen molar-refractivity contribution in [2.24, 2.45) is 10.3 Å². The van der Waals surface area contributed by atoms with E-state index in [0.29, 0.717) is 12.1 Å². The number of nitrogens with one attached hydrogen (secondary N) is 1. The van der Waals surface area contributed by atoms with Crippen LogP contribution in [0.4, 0.5) is 0 Å². The van der Waals surface area contributed by atoms with Crippen molar-refractivity contribution < 1.29 is 19.5 Å². The Morgan fingerprint density at radius 1 is 1.24 bits per heavy atom. The Labute approximate surface area is 195 Å². The quantitative estimate of drug-likeness (QED) is 0.574. The molecule has 3 heterocycles. The Morgan fingerprint density at radius 3 is 2.61 bits per heavy atom. The number of aliphatic carboxylic acids is 1. The Balaban J connectivity index is 1.22. The molecule has 0 amide bonds. The molecule has 0 saturated carbocycles. The number of carboxylic acids is 1. The molecule has 33 heavy (non-hydrogen) atoms. The molecule has 3 atom stereocenters. The first-order valence-corrected chi connectivity index (χ1v) is 11.9. The lowest BCUT2D eigenvalue weighted by Crippen LogP contribution is -2.52. The minimum atomic E-state index is -0.912. The number of piperidine rings is 1. The fourth-order valence-electron chi connectivity index (χ4n) is 4.68.